The molecule has 0 radical (unpaired) electrons. The quantitative estimate of drug-likeness (QED) is 0.877. The first-order chi connectivity index (χ1) is 7.16. The van der Waals surface area contributed by atoms with Crippen LogP contribution in [-0.4, -0.2) is 19.0 Å². The van der Waals surface area contributed by atoms with Gasteiger partial charge in [-0.05, 0) is 34.1 Å². The van der Waals surface area contributed by atoms with Crippen LogP contribution in [0.4, 0.5) is 5.69 Å². The minimum Gasteiger partial charge on any atom is -0.326 e. The Labute approximate surface area is 101 Å². The van der Waals surface area contributed by atoms with Crippen LogP contribution in [0.1, 0.15) is 0 Å². The summed E-state index contributed by atoms with van der Waals surface area (Å²) in [5, 5.41) is 6.48. The van der Waals surface area contributed by atoms with E-state index in [1.54, 1.807) is 6.07 Å². The Morgan fingerprint density at radius 3 is 2.80 bits per heavy atom. The Kier molecular flexibility index (Phi) is 3.29. The van der Waals surface area contributed by atoms with Gasteiger partial charge in [0, 0.05) is 23.2 Å². The van der Waals surface area contributed by atoms with Crippen LogP contribution in [0.3, 0.4) is 0 Å². The lowest BCUT2D eigenvalue weighted by Crippen LogP contribution is -2.48. The number of hydrogen-bond donors (Lipinski definition) is 2. The third-order valence-electron chi connectivity index (χ3n) is 2.34. The van der Waals surface area contributed by atoms with E-state index < -0.39 is 0 Å². The van der Waals surface area contributed by atoms with Crippen LogP contribution in [0.25, 0.3) is 0 Å². The summed E-state index contributed by atoms with van der Waals surface area (Å²) in [4.78, 5) is 11.6. The lowest BCUT2D eigenvalue weighted by atomic mass is 10.0. The molecule has 0 aromatic heterocycles. The fourth-order valence-corrected chi connectivity index (χ4v) is 1.72. The van der Waals surface area contributed by atoms with E-state index in [2.05, 4.69) is 26.6 Å². The highest BCUT2D eigenvalue weighted by Crippen LogP contribution is 2.25. The topological polar surface area (TPSA) is 41.1 Å². The predicted octanol–water partition coefficient (Wildman–Crippen LogP) is 2.26. The second kappa shape index (κ2) is 4.51. The minimum atomic E-state index is 0.0483. The average Bonchev–Trinajstić information content (AvgIpc) is 2.08. The summed E-state index contributed by atoms with van der Waals surface area (Å²) in [6.45, 7) is 1.52. The molecular formula is C10H10BrClN2O. The van der Waals surface area contributed by atoms with Crippen molar-refractivity contribution in [1.82, 2.24) is 5.32 Å². The molecule has 0 saturated carbocycles. The summed E-state index contributed by atoms with van der Waals surface area (Å²) in [6.07, 6.45) is 0. The highest BCUT2D eigenvalue weighted by Gasteiger charge is 2.24. The van der Waals surface area contributed by atoms with Gasteiger partial charge in [-0.2, -0.15) is 0 Å². The SMILES string of the molecule is O=C(Nc1ccc(Br)c(Cl)c1)C1CNC1. The fraction of sp³-hybridized carbons (Fsp3) is 0.300. The Morgan fingerprint density at radius 1 is 1.53 bits per heavy atom. The van der Waals surface area contributed by atoms with Crippen molar-refractivity contribution in [2.45, 2.75) is 0 Å². The first-order valence-electron chi connectivity index (χ1n) is 4.63. The molecule has 0 aliphatic carbocycles. The Hall–Kier alpha value is -0.580. The van der Waals surface area contributed by atoms with Gasteiger partial charge in [-0.15, -0.1) is 0 Å². The molecule has 2 rings (SSSR count). The van der Waals surface area contributed by atoms with Gasteiger partial charge in [0.2, 0.25) is 5.91 Å². The maximum absolute atomic E-state index is 11.6. The van der Waals surface area contributed by atoms with Crippen molar-refractivity contribution >= 4 is 39.1 Å². The van der Waals surface area contributed by atoms with Gasteiger partial charge < -0.3 is 10.6 Å². The number of hydrogen-bond acceptors (Lipinski definition) is 2. The Balaban J connectivity index is 2.03. The highest BCUT2D eigenvalue weighted by atomic mass is 79.9. The van der Waals surface area contributed by atoms with E-state index in [0.717, 1.165) is 23.2 Å². The molecule has 5 heteroatoms. The van der Waals surface area contributed by atoms with E-state index in [4.69, 9.17) is 11.6 Å². The fourth-order valence-electron chi connectivity index (χ4n) is 1.29. The molecule has 1 aliphatic heterocycles. The number of rotatable bonds is 2. The molecule has 1 heterocycles. The monoisotopic (exact) mass is 288 g/mol. The van der Waals surface area contributed by atoms with E-state index >= 15 is 0 Å². The van der Waals surface area contributed by atoms with Crippen LogP contribution in [0.15, 0.2) is 22.7 Å². The second-order valence-electron chi connectivity index (χ2n) is 3.47. The van der Waals surface area contributed by atoms with Crippen molar-refractivity contribution in [2.75, 3.05) is 18.4 Å². The van der Waals surface area contributed by atoms with Crippen molar-refractivity contribution in [3.8, 4) is 0 Å². The van der Waals surface area contributed by atoms with Crippen LogP contribution in [-0.2, 0) is 4.79 Å². The van der Waals surface area contributed by atoms with Gasteiger partial charge in [0.05, 0.1) is 10.9 Å². The summed E-state index contributed by atoms with van der Waals surface area (Å²) < 4.78 is 0.826. The molecule has 1 aliphatic rings. The first kappa shape index (κ1) is 10.9. The van der Waals surface area contributed by atoms with Gasteiger partial charge in [0.15, 0.2) is 0 Å². The van der Waals surface area contributed by atoms with Crippen LogP contribution >= 0.6 is 27.5 Å². The maximum Gasteiger partial charge on any atom is 0.230 e. The van der Waals surface area contributed by atoms with Crippen LogP contribution in [0.5, 0.6) is 0 Å². The molecule has 0 unspecified atom stereocenters. The zero-order valence-corrected chi connectivity index (χ0v) is 10.2. The summed E-state index contributed by atoms with van der Waals surface area (Å²) in [6, 6.07) is 5.37. The van der Waals surface area contributed by atoms with Crippen LogP contribution < -0.4 is 10.6 Å². The van der Waals surface area contributed by atoms with E-state index in [1.807, 2.05) is 12.1 Å². The molecule has 2 N–H and O–H groups in total. The predicted molar refractivity (Wildman–Crippen MR) is 64.1 cm³/mol. The zero-order valence-electron chi connectivity index (χ0n) is 7.89. The normalized spacial score (nSPS) is 15.9. The van der Waals surface area contributed by atoms with Crippen molar-refractivity contribution in [3.63, 3.8) is 0 Å². The molecule has 0 bridgehead atoms. The number of carbonyl (C=O) groups is 1. The van der Waals surface area contributed by atoms with Crippen molar-refractivity contribution in [3.05, 3.63) is 27.7 Å². The minimum absolute atomic E-state index is 0.0483. The second-order valence-corrected chi connectivity index (χ2v) is 4.73. The number of amides is 1. The molecule has 80 valence electrons. The van der Waals surface area contributed by atoms with Crippen molar-refractivity contribution < 1.29 is 4.79 Å². The lowest BCUT2D eigenvalue weighted by Gasteiger charge is -2.25. The number of benzene rings is 1. The molecule has 1 aromatic carbocycles. The molecule has 0 atom stereocenters. The Bertz CT molecular complexity index is 393. The summed E-state index contributed by atoms with van der Waals surface area (Å²) in [5.41, 5.74) is 0.736. The number of carbonyl (C=O) groups excluding carboxylic acids is 1. The molecule has 1 amide bonds. The summed E-state index contributed by atoms with van der Waals surface area (Å²) in [7, 11) is 0. The standard InChI is InChI=1S/C10H10BrClN2O/c11-8-2-1-7(3-9(8)12)14-10(15)6-4-13-5-6/h1-3,6,13H,4-5H2,(H,14,15). The van der Waals surface area contributed by atoms with E-state index in [1.165, 1.54) is 0 Å². The van der Waals surface area contributed by atoms with Gasteiger partial charge in [0.1, 0.15) is 0 Å². The molecular weight excluding hydrogens is 279 g/mol. The molecule has 1 aromatic rings. The molecule has 15 heavy (non-hydrogen) atoms. The molecule has 1 fully saturated rings. The number of nitrogens with one attached hydrogen (secondary N) is 2. The van der Waals surface area contributed by atoms with Crippen molar-refractivity contribution in [1.29, 1.82) is 0 Å². The first-order valence-corrected chi connectivity index (χ1v) is 5.80. The van der Waals surface area contributed by atoms with Gasteiger partial charge in [-0.1, -0.05) is 11.6 Å². The third-order valence-corrected chi connectivity index (χ3v) is 3.57. The van der Waals surface area contributed by atoms with Gasteiger partial charge in [-0.25, -0.2) is 0 Å². The smallest absolute Gasteiger partial charge is 0.230 e. The van der Waals surface area contributed by atoms with Crippen LogP contribution in [0, 0.1) is 5.92 Å². The Morgan fingerprint density at radius 2 is 2.27 bits per heavy atom. The third kappa shape index (κ3) is 2.51. The largest absolute Gasteiger partial charge is 0.326 e. The summed E-state index contributed by atoms with van der Waals surface area (Å²) in [5.74, 6) is 0.138. The average molecular weight is 290 g/mol. The van der Waals surface area contributed by atoms with E-state index in [9.17, 15) is 4.79 Å². The lowest BCUT2D eigenvalue weighted by molar-refractivity contribution is -0.121. The van der Waals surface area contributed by atoms with Gasteiger partial charge in [0.25, 0.3) is 0 Å². The number of anilines is 1. The van der Waals surface area contributed by atoms with E-state index in [-0.39, 0.29) is 11.8 Å². The zero-order chi connectivity index (χ0) is 10.8. The summed E-state index contributed by atoms with van der Waals surface area (Å²) >= 11 is 9.21. The molecule has 1 saturated heterocycles. The highest BCUT2D eigenvalue weighted by molar-refractivity contribution is 9.10. The van der Waals surface area contributed by atoms with Gasteiger partial charge in [-0.3, -0.25) is 4.79 Å². The molecule has 3 nitrogen and oxygen atoms in total. The molecule has 0 spiro atoms. The maximum atomic E-state index is 11.6. The van der Waals surface area contributed by atoms with E-state index in [0.29, 0.717) is 5.02 Å². The van der Waals surface area contributed by atoms with Gasteiger partial charge >= 0.3 is 0 Å². The van der Waals surface area contributed by atoms with Crippen LogP contribution in [0.2, 0.25) is 5.02 Å². The van der Waals surface area contributed by atoms with Crippen molar-refractivity contribution in [2.24, 2.45) is 5.92 Å². The number of halogens is 2.